The number of unbranched alkanes of at least 4 members (excludes halogenated alkanes) is 1. The Morgan fingerprint density at radius 3 is 2.52 bits per heavy atom. The average Bonchev–Trinajstić information content (AvgIpc) is 2.45. The molecule has 1 aromatic carbocycles. The highest BCUT2D eigenvalue weighted by atomic mass is 16.6. The molecular weight excluding hydrogens is 292 g/mol. The fourth-order valence-corrected chi connectivity index (χ4v) is 2.14. The normalized spacial score (nSPS) is 12.4. The molecule has 0 radical (unpaired) electrons. The third-order valence-electron chi connectivity index (χ3n) is 3.25. The molecule has 0 aromatic heterocycles. The van der Waals surface area contributed by atoms with E-state index in [9.17, 15) is 4.79 Å². The molecule has 1 atom stereocenters. The Labute approximate surface area is 139 Å². The van der Waals surface area contributed by atoms with Crippen molar-refractivity contribution in [1.29, 1.82) is 0 Å². The molecule has 0 aliphatic carbocycles. The molecule has 0 bridgehead atoms. The number of carbonyl (C=O) groups excluding carboxylic acids is 1. The zero-order valence-corrected chi connectivity index (χ0v) is 15.2. The van der Waals surface area contributed by atoms with Crippen LogP contribution < -0.4 is 15.4 Å². The predicted octanol–water partition coefficient (Wildman–Crippen LogP) is 5.03. The molecule has 0 fully saturated rings. The van der Waals surface area contributed by atoms with Crippen LogP contribution >= 0.6 is 0 Å². The maximum atomic E-state index is 12.0. The highest BCUT2D eigenvalue weighted by Gasteiger charge is 2.18. The van der Waals surface area contributed by atoms with Crippen molar-refractivity contribution in [2.75, 3.05) is 17.7 Å². The molecule has 1 unspecified atom stereocenters. The second-order valence-electron chi connectivity index (χ2n) is 6.73. The summed E-state index contributed by atoms with van der Waals surface area (Å²) in [6.07, 6.45) is 2.92. The van der Waals surface area contributed by atoms with Crippen LogP contribution in [0.5, 0.6) is 5.75 Å². The second kappa shape index (κ2) is 8.65. The number of benzene rings is 1. The molecule has 0 heterocycles. The topological polar surface area (TPSA) is 59.6 Å². The fourth-order valence-electron chi connectivity index (χ4n) is 2.14. The highest BCUT2D eigenvalue weighted by molar-refractivity contribution is 5.90. The third kappa shape index (κ3) is 7.26. The number of ether oxygens (including phenoxy) is 2. The van der Waals surface area contributed by atoms with Gasteiger partial charge in [-0.3, -0.25) is 5.32 Å². The Morgan fingerprint density at radius 1 is 1.26 bits per heavy atom. The minimum atomic E-state index is -0.529. The van der Waals surface area contributed by atoms with E-state index in [1.165, 1.54) is 0 Å². The number of hydrogen-bond donors (Lipinski definition) is 2. The van der Waals surface area contributed by atoms with Crippen LogP contribution in [-0.4, -0.2) is 24.8 Å². The zero-order valence-electron chi connectivity index (χ0n) is 15.2. The van der Waals surface area contributed by atoms with E-state index in [0.29, 0.717) is 11.7 Å². The fraction of sp³-hybridized carbons (Fsp3) is 0.611. The lowest BCUT2D eigenvalue weighted by Crippen LogP contribution is -2.27. The lowest BCUT2D eigenvalue weighted by Gasteiger charge is -2.22. The van der Waals surface area contributed by atoms with Gasteiger partial charge >= 0.3 is 6.09 Å². The molecular formula is C18H30N2O3. The van der Waals surface area contributed by atoms with Crippen molar-refractivity contribution in [3.63, 3.8) is 0 Å². The molecule has 130 valence electrons. The minimum Gasteiger partial charge on any atom is -0.497 e. The number of nitrogens with one attached hydrogen (secondary N) is 2. The summed E-state index contributed by atoms with van der Waals surface area (Å²) in [5.74, 6) is 0.741. The molecule has 2 N–H and O–H groups in total. The predicted molar refractivity (Wildman–Crippen MR) is 95.5 cm³/mol. The molecule has 0 saturated carbocycles. The van der Waals surface area contributed by atoms with Gasteiger partial charge in [0, 0.05) is 12.1 Å². The summed E-state index contributed by atoms with van der Waals surface area (Å²) in [6, 6.07) is 5.82. The van der Waals surface area contributed by atoms with E-state index in [2.05, 4.69) is 24.5 Å². The van der Waals surface area contributed by atoms with E-state index in [1.807, 2.05) is 39.0 Å². The molecule has 5 heteroatoms. The number of methoxy groups -OCH3 is 1. The third-order valence-corrected chi connectivity index (χ3v) is 3.25. The summed E-state index contributed by atoms with van der Waals surface area (Å²) in [7, 11) is 1.63. The molecule has 0 aliphatic rings. The Balaban J connectivity index is 2.86. The standard InChI is InChI=1S/C18H30N2O3/c1-7-8-9-13(2)19-16-12-14(22-6)10-11-15(16)20-17(21)23-18(3,4)5/h10-13,19H,7-9H2,1-6H3,(H,20,21). The lowest BCUT2D eigenvalue weighted by molar-refractivity contribution is 0.0636. The van der Waals surface area contributed by atoms with Gasteiger partial charge in [0.2, 0.25) is 0 Å². The van der Waals surface area contributed by atoms with Gasteiger partial charge in [0.15, 0.2) is 0 Å². The summed E-state index contributed by atoms with van der Waals surface area (Å²) >= 11 is 0. The number of carbonyl (C=O) groups is 1. The quantitative estimate of drug-likeness (QED) is 0.739. The molecule has 1 rings (SSSR count). The molecule has 0 aliphatic heterocycles. The van der Waals surface area contributed by atoms with Gasteiger partial charge in [-0.15, -0.1) is 0 Å². The van der Waals surface area contributed by atoms with E-state index in [1.54, 1.807) is 7.11 Å². The monoisotopic (exact) mass is 322 g/mol. The maximum absolute atomic E-state index is 12.0. The van der Waals surface area contributed by atoms with Gasteiger partial charge in [-0.25, -0.2) is 4.79 Å². The van der Waals surface area contributed by atoms with E-state index >= 15 is 0 Å². The van der Waals surface area contributed by atoms with Crippen LogP contribution in [0, 0.1) is 0 Å². The van der Waals surface area contributed by atoms with Crippen LogP contribution in [0.1, 0.15) is 53.9 Å². The van der Waals surface area contributed by atoms with Crippen molar-refractivity contribution in [1.82, 2.24) is 0 Å². The van der Waals surface area contributed by atoms with Gasteiger partial charge in [0.25, 0.3) is 0 Å². The van der Waals surface area contributed by atoms with Gasteiger partial charge in [-0.2, -0.15) is 0 Å². The Bertz CT molecular complexity index is 509. The van der Waals surface area contributed by atoms with Crippen molar-refractivity contribution in [2.24, 2.45) is 0 Å². The first-order valence-corrected chi connectivity index (χ1v) is 8.19. The van der Waals surface area contributed by atoms with Crippen molar-refractivity contribution in [2.45, 2.75) is 65.5 Å². The second-order valence-corrected chi connectivity index (χ2v) is 6.73. The van der Waals surface area contributed by atoms with Crippen LogP contribution in [0.25, 0.3) is 0 Å². The van der Waals surface area contributed by atoms with Crippen LogP contribution in [-0.2, 0) is 4.74 Å². The molecule has 1 amide bonds. The molecule has 5 nitrogen and oxygen atoms in total. The van der Waals surface area contributed by atoms with Gasteiger partial charge in [-0.1, -0.05) is 19.8 Å². The zero-order chi connectivity index (χ0) is 17.5. The number of amides is 1. The summed E-state index contributed by atoms with van der Waals surface area (Å²) in [6.45, 7) is 9.83. The van der Waals surface area contributed by atoms with E-state index in [4.69, 9.17) is 9.47 Å². The summed E-state index contributed by atoms with van der Waals surface area (Å²) in [4.78, 5) is 12.0. The van der Waals surface area contributed by atoms with Crippen molar-refractivity contribution in [3.8, 4) is 5.75 Å². The minimum absolute atomic E-state index is 0.307. The summed E-state index contributed by atoms with van der Waals surface area (Å²) in [5.41, 5.74) is 0.987. The lowest BCUT2D eigenvalue weighted by atomic mass is 10.1. The van der Waals surface area contributed by atoms with Gasteiger partial charge < -0.3 is 14.8 Å². The van der Waals surface area contributed by atoms with Crippen LogP contribution in [0.4, 0.5) is 16.2 Å². The van der Waals surface area contributed by atoms with Crippen molar-refractivity contribution in [3.05, 3.63) is 18.2 Å². The van der Waals surface area contributed by atoms with Gasteiger partial charge in [-0.05, 0) is 46.2 Å². The molecule has 0 saturated heterocycles. The Kier molecular flexibility index (Phi) is 7.20. The first-order chi connectivity index (χ1) is 10.7. The van der Waals surface area contributed by atoms with E-state index < -0.39 is 11.7 Å². The SMILES string of the molecule is CCCCC(C)Nc1cc(OC)ccc1NC(=O)OC(C)(C)C. The smallest absolute Gasteiger partial charge is 0.412 e. The van der Waals surface area contributed by atoms with Crippen molar-refractivity contribution < 1.29 is 14.3 Å². The van der Waals surface area contributed by atoms with Crippen LogP contribution in [0.2, 0.25) is 0 Å². The average molecular weight is 322 g/mol. The Morgan fingerprint density at radius 2 is 1.96 bits per heavy atom. The first kappa shape index (κ1) is 19.1. The highest BCUT2D eigenvalue weighted by Crippen LogP contribution is 2.28. The molecule has 23 heavy (non-hydrogen) atoms. The molecule has 1 aromatic rings. The van der Waals surface area contributed by atoms with E-state index in [0.717, 1.165) is 30.7 Å². The molecule has 0 spiro atoms. The van der Waals surface area contributed by atoms with Crippen LogP contribution in [0.3, 0.4) is 0 Å². The van der Waals surface area contributed by atoms with E-state index in [-0.39, 0.29) is 0 Å². The summed E-state index contributed by atoms with van der Waals surface area (Å²) in [5, 5.41) is 6.24. The number of anilines is 2. The largest absolute Gasteiger partial charge is 0.497 e. The first-order valence-electron chi connectivity index (χ1n) is 8.19. The summed E-state index contributed by atoms with van der Waals surface area (Å²) < 4.78 is 10.6. The number of hydrogen-bond acceptors (Lipinski definition) is 4. The van der Waals surface area contributed by atoms with Crippen molar-refractivity contribution >= 4 is 17.5 Å². The van der Waals surface area contributed by atoms with Gasteiger partial charge in [0.1, 0.15) is 11.4 Å². The van der Waals surface area contributed by atoms with Crippen LogP contribution in [0.15, 0.2) is 18.2 Å². The maximum Gasteiger partial charge on any atom is 0.412 e. The Hall–Kier alpha value is -1.91. The van der Waals surface area contributed by atoms with Gasteiger partial charge in [0.05, 0.1) is 18.5 Å². The number of rotatable bonds is 7.